The quantitative estimate of drug-likeness (QED) is 0.545. The molecule has 0 fully saturated rings. The lowest BCUT2D eigenvalue weighted by Crippen LogP contribution is -2.21. The summed E-state index contributed by atoms with van der Waals surface area (Å²) in [6.07, 6.45) is 0. The number of aryl methyl sites for hydroxylation is 2. The molecule has 3 aromatic heterocycles. The highest BCUT2D eigenvalue weighted by Crippen LogP contribution is 2.29. The Bertz CT molecular complexity index is 1130. The van der Waals surface area contributed by atoms with E-state index in [9.17, 15) is 4.79 Å². The van der Waals surface area contributed by atoms with Crippen molar-refractivity contribution in [1.82, 2.24) is 19.2 Å². The van der Waals surface area contributed by atoms with E-state index < -0.39 is 0 Å². The van der Waals surface area contributed by atoms with E-state index >= 15 is 0 Å². The van der Waals surface area contributed by atoms with Crippen molar-refractivity contribution in [1.29, 1.82) is 0 Å². The van der Waals surface area contributed by atoms with E-state index in [1.807, 2.05) is 48.6 Å². The highest BCUT2D eigenvalue weighted by molar-refractivity contribution is 7.71. The van der Waals surface area contributed by atoms with Crippen LogP contribution in [0, 0.1) is 18.6 Å². The van der Waals surface area contributed by atoms with Crippen LogP contribution in [0.3, 0.4) is 0 Å². The third-order valence-electron chi connectivity index (χ3n) is 3.86. The van der Waals surface area contributed by atoms with E-state index in [1.54, 1.807) is 15.9 Å². The van der Waals surface area contributed by atoms with Crippen LogP contribution in [-0.4, -0.2) is 19.2 Å². The standard InChI is InChI=1S/C15H12N4OS2/c1-8-9(2)22-13-11(8)12(20)18(10-6-4-3-5-7-10)14-16-17-15(21)19(13)14/h3-7H,1-2H3,(H,17,21). The number of fused-ring (bicyclic) bond motifs is 3. The van der Waals surface area contributed by atoms with E-state index in [1.165, 1.54) is 0 Å². The van der Waals surface area contributed by atoms with Gasteiger partial charge in [0.15, 0.2) is 0 Å². The molecule has 22 heavy (non-hydrogen) atoms. The number of nitrogens with one attached hydrogen (secondary N) is 1. The highest BCUT2D eigenvalue weighted by Gasteiger charge is 2.19. The molecule has 0 saturated carbocycles. The van der Waals surface area contributed by atoms with Crippen LogP contribution in [0.15, 0.2) is 35.1 Å². The first kappa shape index (κ1) is 13.4. The number of rotatable bonds is 1. The Morgan fingerprint density at radius 1 is 1.23 bits per heavy atom. The topological polar surface area (TPSA) is 55.1 Å². The van der Waals surface area contributed by atoms with E-state index in [4.69, 9.17) is 12.2 Å². The van der Waals surface area contributed by atoms with Gasteiger partial charge < -0.3 is 0 Å². The van der Waals surface area contributed by atoms with Crippen LogP contribution in [0.1, 0.15) is 10.4 Å². The Hall–Kier alpha value is -2.25. The number of aromatic amines is 1. The van der Waals surface area contributed by atoms with Gasteiger partial charge in [0.1, 0.15) is 4.83 Å². The fourth-order valence-electron chi connectivity index (χ4n) is 2.65. The van der Waals surface area contributed by atoms with Crippen LogP contribution < -0.4 is 5.56 Å². The first-order valence-corrected chi connectivity index (χ1v) is 7.99. The van der Waals surface area contributed by atoms with Gasteiger partial charge in [-0.05, 0) is 43.8 Å². The Morgan fingerprint density at radius 3 is 2.68 bits per heavy atom. The maximum Gasteiger partial charge on any atom is 0.268 e. The Labute approximate surface area is 134 Å². The van der Waals surface area contributed by atoms with E-state index in [-0.39, 0.29) is 5.56 Å². The van der Waals surface area contributed by atoms with E-state index in [0.717, 1.165) is 21.0 Å². The third-order valence-corrected chi connectivity index (χ3v) is 5.32. The van der Waals surface area contributed by atoms with Crippen LogP contribution in [0.4, 0.5) is 0 Å². The molecule has 5 nitrogen and oxygen atoms in total. The molecule has 0 bridgehead atoms. The molecule has 110 valence electrons. The number of benzene rings is 1. The molecule has 0 spiro atoms. The lowest BCUT2D eigenvalue weighted by molar-refractivity contribution is 0.968. The summed E-state index contributed by atoms with van der Waals surface area (Å²) < 4.78 is 3.93. The summed E-state index contributed by atoms with van der Waals surface area (Å²) in [5.74, 6) is 0.509. The highest BCUT2D eigenvalue weighted by atomic mass is 32.1. The van der Waals surface area contributed by atoms with Crippen molar-refractivity contribution >= 4 is 39.5 Å². The predicted molar refractivity (Wildman–Crippen MR) is 90.8 cm³/mol. The molecule has 7 heteroatoms. The van der Waals surface area contributed by atoms with Gasteiger partial charge in [0.2, 0.25) is 10.5 Å². The maximum atomic E-state index is 13.1. The fraction of sp³-hybridized carbons (Fsp3) is 0.133. The molecular weight excluding hydrogens is 316 g/mol. The summed E-state index contributed by atoms with van der Waals surface area (Å²) >= 11 is 6.92. The molecule has 3 heterocycles. The minimum Gasteiger partial charge on any atom is -0.268 e. The van der Waals surface area contributed by atoms with Crippen molar-refractivity contribution in [2.75, 3.05) is 0 Å². The Balaban J connectivity index is 2.35. The van der Waals surface area contributed by atoms with Gasteiger partial charge in [-0.1, -0.05) is 18.2 Å². The molecule has 1 N–H and O–H groups in total. The summed E-state index contributed by atoms with van der Waals surface area (Å²) in [7, 11) is 0. The zero-order chi connectivity index (χ0) is 15.4. The van der Waals surface area contributed by atoms with E-state index in [0.29, 0.717) is 15.9 Å². The van der Waals surface area contributed by atoms with Gasteiger partial charge in [0, 0.05) is 4.88 Å². The van der Waals surface area contributed by atoms with Gasteiger partial charge in [-0.25, -0.2) is 14.1 Å². The first-order valence-electron chi connectivity index (χ1n) is 6.77. The van der Waals surface area contributed by atoms with Crippen molar-refractivity contribution in [3.63, 3.8) is 0 Å². The van der Waals surface area contributed by atoms with Gasteiger partial charge >= 0.3 is 0 Å². The third kappa shape index (κ3) is 1.66. The van der Waals surface area contributed by atoms with Crippen LogP contribution in [0.5, 0.6) is 0 Å². The molecule has 4 rings (SSSR count). The number of thiophene rings is 1. The van der Waals surface area contributed by atoms with Crippen molar-refractivity contribution in [3.05, 3.63) is 55.9 Å². The van der Waals surface area contributed by atoms with Crippen molar-refractivity contribution in [3.8, 4) is 5.69 Å². The summed E-state index contributed by atoms with van der Waals surface area (Å²) in [6, 6.07) is 9.49. The van der Waals surface area contributed by atoms with Gasteiger partial charge in [0.25, 0.3) is 5.56 Å². The number of aromatic nitrogens is 4. The number of hydrogen-bond acceptors (Lipinski definition) is 4. The normalized spacial score (nSPS) is 11.5. The number of nitrogens with zero attached hydrogens (tertiary/aromatic N) is 3. The number of para-hydroxylation sites is 1. The Kier molecular flexibility index (Phi) is 2.82. The Morgan fingerprint density at radius 2 is 1.95 bits per heavy atom. The van der Waals surface area contributed by atoms with Gasteiger partial charge in [-0.3, -0.25) is 4.79 Å². The summed E-state index contributed by atoms with van der Waals surface area (Å²) in [4.78, 5) is 15.0. The first-order chi connectivity index (χ1) is 10.6. The smallest absolute Gasteiger partial charge is 0.268 e. The predicted octanol–water partition coefficient (Wildman–Crippen LogP) is 3.37. The van der Waals surface area contributed by atoms with Gasteiger partial charge in [-0.15, -0.1) is 16.4 Å². The molecule has 4 aromatic rings. The molecule has 0 radical (unpaired) electrons. The monoisotopic (exact) mass is 328 g/mol. The number of H-pyrrole nitrogens is 1. The molecular formula is C15H12N4OS2. The summed E-state index contributed by atoms with van der Waals surface area (Å²) in [5, 5.41) is 7.76. The zero-order valence-electron chi connectivity index (χ0n) is 12.0. The van der Waals surface area contributed by atoms with Crippen molar-refractivity contribution in [2.45, 2.75) is 13.8 Å². The zero-order valence-corrected chi connectivity index (χ0v) is 13.6. The second kappa shape index (κ2) is 4.62. The molecule has 1 aromatic carbocycles. The minimum atomic E-state index is -0.0652. The number of hydrogen-bond donors (Lipinski definition) is 1. The molecule has 0 amide bonds. The van der Waals surface area contributed by atoms with Crippen LogP contribution in [-0.2, 0) is 0 Å². The second-order valence-electron chi connectivity index (χ2n) is 5.10. The largest absolute Gasteiger partial charge is 0.268 e. The van der Waals surface area contributed by atoms with E-state index in [2.05, 4.69) is 10.2 Å². The lowest BCUT2D eigenvalue weighted by Gasteiger charge is -2.08. The van der Waals surface area contributed by atoms with Crippen LogP contribution >= 0.6 is 23.6 Å². The SMILES string of the molecule is Cc1sc2c(c1C)c(=O)n(-c1ccccc1)c1n[nH]c(=S)n21. The summed E-state index contributed by atoms with van der Waals surface area (Å²) in [5.41, 5.74) is 1.71. The van der Waals surface area contributed by atoms with Crippen molar-refractivity contribution in [2.24, 2.45) is 0 Å². The molecule has 0 unspecified atom stereocenters. The van der Waals surface area contributed by atoms with Crippen molar-refractivity contribution < 1.29 is 0 Å². The van der Waals surface area contributed by atoms with Crippen LogP contribution in [0.2, 0.25) is 0 Å². The molecule has 0 aliphatic rings. The molecule has 0 aliphatic carbocycles. The van der Waals surface area contributed by atoms with Gasteiger partial charge in [-0.2, -0.15) is 0 Å². The fourth-order valence-corrected chi connectivity index (χ4v) is 4.08. The minimum absolute atomic E-state index is 0.0652. The van der Waals surface area contributed by atoms with Gasteiger partial charge in [0.05, 0.1) is 11.1 Å². The summed E-state index contributed by atoms with van der Waals surface area (Å²) in [6.45, 7) is 3.99. The molecule has 0 atom stereocenters. The average Bonchev–Trinajstić information content (AvgIpc) is 3.02. The lowest BCUT2D eigenvalue weighted by atomic mass is 10.2. The second-order valence-corrected chi connectivity index (χ2v) is 6.69. The maximum absolute atomic E-state index is 13.1. The molecule has 0 aliphatic heterocycles. The van der Waals surface area contributed by atoms with Crippen LogP contribution in [0.25, 0.3) is 21.7 Å². The average molecular weight is 328 g/mol. The molecule has 0 saturated heterocycles.